The van der Waals surface area contributed by atoms with E-state index < -0.39 is 11.8 Å². The average molecular weight is 286 g/mol. The predicted octanol–water partition coefficient (Wildman–Crippen LogP) is 2.98. The lowest BCUT2D eigenvalue weighted by atomic mass is 10.2. The van der Waals surface area contributed by atoms with Gasteiger partial charge in [0, 0.05) is 12.7 Å². The van der Waals surface area contributed by atoms with Gasteiger partial charge in [0.05, 0.1) is 11.6 Å². The summed E-state index contributed by atoms with van der Waals surface area (Å²) < 4.78 is 23.0. The summed E-state index contributed by atoms with van der Waals surface area (Å²) in [5, 5.41) is 8.88. The maximum atomic E-state index is 13.1. The van der Waals surface area contributed by atoms with E-state index in [1.165, 1.54) is 19.2 Å². The minimum atomic E-state index is -1.25. The van der Waals surface area contributed by atoms with Crippen LogP contribution in [0.1, 0.15) is 16.2 Å². The fourth-order valence-corrected chi connectivity index (χ4v) is 1.69. The van der Waals surface area contributed by atoms with Crippen molar-refractivity contribution in [3.63, 3.8) is 0 Å². The molecule has 5 nitrogen and oxygen atoms in total. The van der Waals surface area contributed by atoms with Crippen LogP contribution in [0.4, 0.5) is 4.39 Å². The van der Waals surface area contributed by atoms with Crippen LogP contribution in [0.25, 0.3) is 11.5 Å². The first-order valence-corrected chi connectivity index (χ1v) is 5.58. The quantitative estimate of drug-likeness (QED) is 0.935. The lowest BCUT2D eigenvalue weighted by Gasteiger charge is -1.97. The van der Waals surface area contributed by atoms with Gasteiger partial charge in [0.2, 0.25) is 11.7 Å². The number of ether oxygens (including phenoxy) is 1. The molecule has 1 aromatic heterocycles. The van der Waals surface area contributed by atoms with Crippen molar-refractivity contribution in [1.82, 2.24) is 4.98 Å². The molecule has 7 heteroatoms. The Morgan fingerprint density at radius 2 is 2.32 bits per heavy atom. The molecule has 0 radical (unpaired) electrons. The minimum Gasteiger partial charge on any atom is -0.475 e. The molecule has 100 valence electrons. The molecule has 0 aliphatic rings. The SMILES string of the molecule is COCc1nc(-c2ccc(F)c(Cl)c2)oc1C(=O)O. The molecule has 1 heterocycles. The molecule has 2 rings (SSSR count). The van der Waals surface area contributed by atoms with E-state index in [9.17, 15) is 9.18 Å². The Morgan fingerprint density at radius 1 is 1.58 bits per heavy atom. The van der Waals surface area contributed by atoms with Gasteiger partial charge < -0.3 is 14.3 Å². The van der Waals surface area contributed by atoms with Crippen LogP contribution < -0.4 is 0 Å². The number of halogens is 2. The molecule has 0 saturated heterocycles. The topological polar surface area (TPSA) is 72.6 Å². The van der Waals surface area contributed by atoms with Gasteiger partial charge in [0.25, 0.3) is 0 Å². The average Bonchev–Trinajstić information content (AvgIpc) is 2.77. The normalized spacial score (nSPS) is 10.7. The van der Waals surface area contributed by atoms with Crippen LogP contribution in [0.3, 0.4) is 0 Å². The first kappa shape index (κ1) is 13.5. The molecule has 0 unspecified atom stereocenters. The molecule has 0 atom stereocenters. The first-order chi connectivity index (χ1) is 9.02. The lowest BCUT2D eigenvalue weighted by Crippen LogP contribution is -2.00. The molecular weight excluding hydrogens is 277 g/mol. The van der Waals surface area contributed by atoms with Gasteiger partial charge in [-0.2, -0.15) is 0 Å². The van der Waals surface area contributed by atoms with E-state index in [0.29, 0.717) is 5.56 Å². The molecule has 0 spiro atoms. The number of oxazole rings is 1. The molecule has 0 amide bonds. The number of hydrogen-bond acceptors (Lipinski definition) is 4. The summed E-state index contributed by atoms with van der Waals surface area (Å²) in [6.45, 7) is 0.0000597. The number of benzene rings is 1. The van der Waals surface area contributed by atoms with Crippen molar-refractivity contribution < 1.29 is 23.4 Å². The van der Waals surface area contributed by atoms with Gasteiger partial charge in [-0.25, -0.2) is 14.2 Å². The van der Waals surface area contributed by atoms with E-state index in [0.717, 1.165) is 6.07 Å². The van der Waals surface area contributed by atoms with Crippen LogP contribution in [0.15, 0.2) is 22.6 Å². The van der Waals surface area contributed by atoms with Gasteiger partial charge in [-0.05, 0) is 18.2 Å². The first-order valence-electron chi connectivity index (χ1n) is 5.20. The Labute approximate surface area is 112 Å². The third-order valence-electron chi connectivity index (χ3n) is 2.34. The number of aromatic nitrogens is 1. The summed E-state index contributed by atoms with van der Waals surface area (Å²) in [5.74, 6) is -2.09. The molecule has 19 heavy (non-hydrogen) atoms. The summed E-state index contributed by atoms with van der Waals surface area (Å²) in [7, 11) is 1.41. The monoisotopic (exact) mass is 285 g/mol. The van der Waals surface area contributed by atoms with Crippen molar-refractivity contribution in [3.05, 3.63) is 40.5 Å². The molecule has 0 aliphatic carbocycles. The highest BCUT2D eigenvalue weighted by atomic mass is 35.5. The number of rotatable bonds is 4. The molecule has 0 fully saturated rings. The number of aromatic carboxylic acids is 1. The maximum absolute atomic E-state index is 13.1. The van der Waals surface area contributed by atoms with Crippen LogP contribution in [0.2, 0.25) is 5.02 Å². The predicted molar refractivity (Wildman–Crippen MR) is 64.6 cm³/mol. The highest BCUT2D eigenvalue weighted by Gasteiger charge is 2.20. The van der Waals surface area contributed by atoms with Crippen molar-refractivity contribution in [2.75, 3.05) is 7.11 Å². The summed E-state index contributed by atoms with van der Waals surface area (Å²) in [5.41, 5.74) is 0.543. The van der Waals surface area contributed by atoms with Crippen molar-refractivity contribution in [3.8, 4) is 11.5 Å². The zero-order valence-electron chi connectivity index (χ0n) is 9.81. The lowest BCUT2D eigenvalue weighted by molar-refractivity contribution is 0.0656. The Morgan fingerprint density at radius 3 is 2.89 bits per heavy atom. The van der Waals surface area contributed by atoms with Gasteiger partial charge >= 0.3 is 5.97 Å². The van der Waals surface area contributed by atoms with Gasteiger partial charge in [-0.3, -0.25) is 0 Å². The van der Waals surface area contributed by atoms with E-state index in [2.05, 4.69) is 4.98 Å². The maximum Gasteiger partial charge on any atom is 0.373 e. The van der Waals surface area contributed by atoms with Crippen molar-refractivity contribution in [2.45, 2.75) is 6.61 Å². The zero-order chi connectivity index (χ0) is 14.0. The Bertz CT molecular complexity index is 626. The molecule has 2 aromatic rings. The van der Waals surface area contributed by atoms with Crippen LogP contribution in [-0.2, 0) is 11.3 Å². The molecule has 1 N–H and O–H groups in total. The Hall–Kier alpha value is -1.92. The number of carboxylic acids is 1. The second-order valence-electron chi connectivity index (χ2n) is 3.66. The van der Waals surface area contributed by atoms with Gasteiger partial charge in [0.15, 0.2) is 0 Å². The summed E-state index contributed by atoms with van der Waals surface area (Å²) >= 11 is 5.65. The van der Waals surface area contributed by atoms with E-state index in [1.807, 2.05) is 0 Å². The van der Waals surface area contributed by atoms with Gasteiger partial charge in [-0.15, -0.1) is 0 Å². The van der Waals surface area contributed by atoms with Crippen LogP contribution >= 0.6 is 11.6 Å². The van der Waals surface area contributed by atoms with Crippen molar-refractivity contribution in [1.29, 1.82) is 0 Å². The molecular formula is C12H9ClFNO4. The van der Waals surface area contributed by atoms with Crippen molar-refractivity contribution in [2.24, 2.45) is 0 Å². The molecule has 0 bridgehead atoms. The fraction of sp³-hybridized carbons (Fsp3) is 0.167. The number of hydrogen-bond donors (Lipinski definition) is 1. The van der Waals surface area contributed by atoms with E-state index in [-0.39, 0.29) is 29.0 Å². The minimum absolute atomic E-state index is 0.0000597. The summed E-state index contributed by atoms with van der Waals surface area (Å²) in [6, 6.07) is 3.86. The van der Waals surface area contributed by atoms with Gasteiger partial charge in [0.1, 0.15) is 11.5 Å². The van der Waals surface area contributed by atoms with E-state index in [4.69, 9.17) is 25.9 Å². The highest BCUT2D eigenvalue weighted by molar-refractivity contribution is 6.31. The van der Waals surface area contributed by atoms with Gasteiger partial charge in [-0.1, -0.05) is 11.6 Å². The Balaban J connectivity index is 2.47. The third-order valence-corrected chi connectivity index (χ3v) is 2.63. The largest absolute Gasteiger partial charge is 0.475 e. The molecule has 0 saturated carbocycles. The van der Waals surface area contributed by atoms with Crippen molar-refractivity contribution >= 4 is 17.6 Å². The Kier molecular flexibility index (Phi) is 3.82. The molecule has 0 aliphatic heterocycles. The third kappa shape index (κ3) is 2.74. The summed E-state index contributed by atoms with van der Waals surface area (Å²) in [6.07, 6.45) is 0. The number of nitrogens with zero attached hydrogens (tertiary/aromatic N) is 1. The van der Waals surface area contributed by atoms with E-state index >= 15 is 0 Å². The zero-order valence-corrected chi connectivity index (χ0v) is 10.6. The summed E-state index contributed by atoms with van der Waals surface area (Å²) in [4.78, 5) is 15.0. The van der Waals surface area contributed by atoms with Crippen LogP contribution in [0.5, 0.6) is 0 Å². The number of methoxy groups -OCH3 is 1. The number of carboxylic acid groups (broad SMARTS) is 1. The van der Waals surface area contributed by atoms with Crippen LogP contribution in [-0.4, -0.2) is 23.2 Å². The number of carbonyl (C=O) groups is 1. The highest BCUT2D eigenvalue weighted by Crippen LogP contribution is 2.26. The smallest absolute Gasteiger partial charge is 0.373 e. The second kappa shape index (κ2) is 5.38. The second-order valence-corrected chi connectivity index (χ2v) is 4.07. The van der Waals surface area contributed by atoms with E-state index in [1.54, 1.807) is 0 Å². The fourth-order valence-electron chi connectivity index (χ4n) is 1.51. The standard InChI is InChI=1S/C12H9ClFNO4/c1-18-5-9-10(12(16)17)19-11(15-9)6-2-3-8(14)7(13)4-6/h2-4H,5H2,1H3,(H,16,17). The van der Waals surface area contributed by atoms with Crippen LogP contribution in [0, 0.1) is 5.82 Å². The molecule has 1 aromatic carbocycles.